The zero-order chi connectivity index (χ0) is 22.8. The molecular formula is C26H22FNO4S. The first-order valence-corrected chi connectivity index (χ1v) is 11.7. The summed E-state index contributed by atoms with van der Waals surface area (Å²) < 4.78 is 24.4. The zero-order valence-corrected chi connectivity index (χ0v) is 18.6. The van der Waals surface area contributed by atoms with Gasteiger partial charge in [0.25, 0.3) is 5.91 Å². The normalized spacial score (nSPS) is 17.3. The molecule has 33 heavy (non-hydrogen) atoms. The van der Waals surface area contributed by atoms with Gasteiger partial charge in [-0.2, -0.15) is 0 Å². The molecule has 1 fully saturated rings. The molecule has 2 aliphatic heterocycles. The Kier molecular flexibility index (Phi) is 6.15. The lowest BCUT2D eigenvalue weighted by Gasteiger charge is -2.24. The predicted octanol–water partition coefficient (Wildman–Crippen LogP) is 5.47. The number of amides is 1. The van der Waals surface area contributed by atoms with E-state index < -0.39 is 5.97 Å². The van der Waals surface area contributed by atoms with Crippen LogP contribution in [0.3, 0.4) is 0 Å². The number of rotatable bonds is 5. The van der Waals surface area contributed by atoms with E-state index in [9.17, 15) is 14.0 Å². The van der Waals surface area contributed by atoms with Gasteiger partial charge in [-0.15, -0.1) is 0 Å². The lowest BCUT2D eigenvalue weighted by atomic mass is 10.1. The van der Waals surface area contributed by atoms with E-state index in [1.807, 2.05) is 24.3 Å². The molecule has 1 atom stereocenters. The molecule has 0 aromatic heterocycles. The highest BCUT2D eigenvalue weighted by molar-refractivity contribution is 7.99. The number of carbonyl (C=O) groups excluding carboxylic acids is 2. The maximum absolute atomic E-state index is 13.6. The van der Waals surface area contributed by atoms with Gasteiger partial charge in [0, 0.05) is 16.4 Å². The van der Waals surface area contributed by atoms with Crippen LogP contribution in [0.5, 0.6) is 0 Å². The van der Waals surface area contributed by atoms with Crippen LogP contribution < -0.4 is 4.90 Å². The minimum atomic E-state index is -0.450. The maximum atomic E-state index is 13.6. The van der Waals surface area contributed by atoms with Gasteiger partial charge in [-0.05, 0) is 60.9 Å². The van der Waals surface area contributed by atoms with Crippen molar-refractivity contribution in [3.05, 3.63) is 89.2 Å². The second kappa shape index (κ2) is 9.37. The predicted molar refractivity (Wildman–Crippen MR) is 123 cm³/mol. The fourth-order valence-corrected chi connectivity index (χ4v) is 5.06. The van der Waals surface area contributed by atoms with Crippen LogP contribution in [-0.4, -0.2) is 31.2 Å². The molecule has 2 heterocycles. The summed E-state index contributed by atoms with van der Waals surface area (Å²) in [6, 6.07) is 18.8. The van der Waals surface area contributed by atoms with Crippen molar-refractivity contribution < 1.29 is 23.5 Å². The van der Waals surface area contributed by atoms with Crippen LogP contribution in [-0.2, 0) is 16.0 Å². The van der Waals surface area contributed by atoms with Crippen molar-refractivity contribution in [3.8, 4) is 0 Å². The first kappa shape index (κ1) is 21.7. The molecule has 0 unspecified atom stereocenters. The third-order valence-electron chi connectivity index (χ3n) is 5.75. The number of esters is 1. The van der Waals surface area contributed by atoms with E-state index in [1.54, 1.807) is 35.2 Å². The second-order valence-corrected chi connectivity index (χ2v) is 9.12. The van der Waals surface area contributed by atoms with Crippen LogP contribution in [0.2, 0.25) is 0 Å². The van der Waals surface area contributed by atoms with E-state index in [2.05, 4.69) is 0 Å². The Morgan fingerprint density at radius 2 is 1.91 bits per heavy atom. The molecule has 0 spiro atoms. The van der Waals surface area contributed by atoms with Gasteiger partial charge in [-0.3, -0.25) is 4.79 Å². The first-order chi connectivity index (χ1) is 16.1. The molecule has 0 aliphatic carbocycles. The SMILES string of the molecule is O=C(OC[C@H]1CCCO1)c1ccc2c(c1)N(Cc1ccc(F)cc1)C(=O)c1ccccc1S2. The van der Waals surface area contributed by atoms with Crippen molar-refractivity contribution in [2.24, 2.45) is 0 Å². The number of halogens is 1. The average Bonchev–Trinajstić information content (AvgIpc) is 3.33. The van der Waals surface area contributed by atoms with Crippen molar-refractivity contribution in [3.63, 3.8) is 0 Å². The van der Waals surface area contributed by atoms with E-state index in [1.165, 1.54) is 23.9 Å². The molecule has 3 aromatic carbocycles. The summed E-state index contributed by atoms with van der Waals surface area (Å²) in [4.78, 5) is 29.6. The van der Waals surface area contributed by atoms with Crippen LogP contribution in [0.25, 0.3) is 0 Å². The molecule has 0 saturated carbocycles. The molecular weight excluding hydrogens is 441 g/mol. The van der Waals surface area contributed by atoms with Crippen LogP contribution in [0.4, 0.5) is 10.1 Å². The summed E-state index contributed by atoms with van der Waals surface area (Å²) in [5, 5.41) is 0. The van der Waals surface area contributed by atoms with E-state index in [4.69, 9.17) is 9.47 Å². The van der Waals surface area contributed by atoms with Crippen LogP contribution in [0, 0.1) is 5.82 Å². The topological polar surface area (TPSA) is 55.8 Å². The van der Waals surface area contributed by atoms with E-state index in [-0.39, 0.29) is 31.0 Å². The summed E-state index contributed by atoms with van der Waals surface area (Å²) in [7, 11) is 0. The lowest BCUT2D eigenvalue weighted by Crippen LogP contribution is -2.30. The molecule has 0 radical (unpaired) electrons. The largest absolute Gasteiger partial charge is 0.459 e. The number of fused-ring (bicyclic) bond motifs is 2. The third kappa shape index (κ3) is 4.65. The number of hydrogen-bond donors (Lipinski definition) is 0. The maximum Gasteiger partial charge on any atom is 0.338 e. The Morgan fingerprint density at radius 3 is 2.70 bits per heavy atom. The third-order valence-corrected chi connectivity index (χ3v) is 6.89. The van der Waals surface area contributed by atoms with Crippen LogP contribution in [0.1, 0.15) is 39.1 Å². The fraction of sp³-hybridized carbons (Fsp3) is 0.231. The Hall–Kier alpha value is -3.16. The number of ether oxygens (including phenoxy) is 2. The summed E-state index contributed by atoms with van der Waals surface area (Å²) >= 11 is 1.48. The Labute approximate surface area is 195 Å². The van der Waals surface area contributed by atoms with Gasteiger partial charge in [0.1, 0.15) is 12.4 Å². The summed E-state index contributed by atoms with van der Waals surface area (Å²) in [5.74, 6) is -0.959. The van der Waals surface area contributed by atoms with Crippen molar-refractivity contribution in [2.75, 3.05) is 18.1 Å². The van der Waals surface area contributed by atoms with Gasteiger partial charge in [-0.1, -0.05) is 36.0 Å². The fourth-order valence-electron chi connectivity index (χ4n) is 4.00. The monoisotopic (exact) mass is 463 g/mol. The highest BCUT2D eigenvalue weighted by atomic mass is 32.2. The molecule has 5 rings (SSSR count). The zero-order valence-electron chi connectivity index (χ0n) is 17.8. The van der Waals surface area contributed by atoms with Gasteiger partial charge in [-0.25, -0.2) is 9.18 Å². The number of benzene rings is 3. The lowest BCUT2D eigenvalue weighted by molar-refractivity contribution is 0.0161. The average molecular weight is 464 g/mol. The van der Waals surface area contributed by atoms with Gasteiger partial charge >= 0.3 is 5.97 Å². The summed E-state index contributed by atoms with van der Waals surface area (Å²) in [6.07, 6.45) is 1.79. The molecule has 0 bridgehead atoms. The minimum absolute atomic E-state index is 0.0589. The molecule has 168 valence electrons. The molecule has 3 aromatic rings. The standard InChI is InChI=1S/C26H22FNO4S/c27-19-10-7-17(8-11-19)15-28-22-14-18(26(30)32-16-20-4-3-13-31-20)9-12-24(22)33-23-6-2-1-5-21(23)25(28)29/h1-2,5-12,14,20H,3-4,13,15-16H2/t20-/m1/s1. The van der Waals surface area contributed by atoms with Crippen molar-refractivity contribution in [1.29, 1.82) is 0 Å². The molecule has 1 saturated heterocycles. The summed E-state index contributed by atoms with van der Waals surface area (Å²) in [5.41, 5.74) is 2.36. The number of anilines is 1. The quantitative estimate of drug-likeness (QED) is 0.470. The Morgan fingerprint density at radius 1 is 1.09 bits per heavy atom. The highest BCUT2D eigenvalue weighted by Crippen LogP contribution is 2.42. The van der Waals surface area contributed by atoms with Crippen molar-refractivity contribution in [1.82, 2.24) is 0 Å². The minimum Gasteiger partial charge on any atom is -0.459 e. The molecule has 0 N–H and O–H groups in total. The molecule has 1 amide bonds. The summed E-state index contributed by atoms with van der Waals surface area (Å²) in [6.45, 7) is 1.16. The van der Waals surface area contributed by atoms with Gasteiger partial charge in [0.15, 0.2) is 0 Å². The second-order valence-electron chi connectivity index (χ2n) is 8.03. The number of hydrogen-bond acceptors (Lipinski definition) is 5. The highest BCUT2D eigenvalue weighted by Gasteiger charge is 2.28. The van der Waals surface area contributed by atoms with E-state index in [0.29, 0.717) is 23.4 Å². The van der Waals surface area contributed by atoms with Gasteiger partial charge < -0.3 is 14.4 Å². The molecule has 7 heteroatoms. The smallest absolute Gasteiger partial charge is 0.338 e. The first-order valence-electron chi connectivity index (χ1n) is 10.8. The van der Waals surface area contributed by atoms with Crippen molar-refractivity contribution in [2.45, 2.75) is 35.3 Å². The molecule has 2 aliphatic rings. The van der Waals surface area contributed by atoms with Gasteiger partial charge in [0.2, 0.25) is 0 Å². The van der Waals surface area contributed by atoms with Crippen LogP contribution in [0.15, 0.2) is 76.5 Å². The Bertz CT molecular complexity index is 1190. The van der Waals surface area contributed by atoms with E-state index in [0.717, 1.165) is 28.2 Å². The Balaban J connectivity index is 1.49. The van der Waals surface area contributed by atoms with Gasteiger partial charge in [0.05, 0.1) is 29.5 Å². The van der Waals surface area contributed by atoms with Crippen molar-refractivity contribution >= 4 is 29.3 Å². The number of nitrogens with zero attached hydrogens (tertiary/aromatic N) is 1. The van der Waals surface area contributed by atoms with Crippen LogP contribution >= 0.6 is 11.8 Å². The van der Waals surface area contributed by atoms with E-state index >= 15 is 0 Å². The number of carbonyl (C=O) groups is 2. The molecule has 5 nitrogen and oxygen atoms in total.